The number of rotatable bonds is 2. The minimum atomic E-state index is 0.171. The van der Waals surface area contributed by atoms with E-state index in [1.165, 1.54) is 6.42 Å². The summed E-state index contributed by atoms with van der Waals surface area (Å²) in [7, 11) is 0. The Morgan fingerprint density at radius 3 is 3.11 bits per heavy atom. The SMILES string of the molecule is Oc1ccc(I)cc1-c1nc(C2CCCS2)no1. The number of phenolic OH excluding ortho intramolecular Hbond substituents is 1. The second-order valence-electron chi connectivity index (χ2n) is 4.12. The van der Waals surface area contributed by atoms with Crippen molar-refractivity contribution in [1.82, 2.24) is 10.1 Å². The minimum Gasteiger partial charge on any atom is -0.507 e. The first-order valence-electron chi connectivity index (χ1n) is 5.68. The maximum atomic E-state index is 9.83. The van der Waals surface area contributed by atoms with Crippen LogP contribution in [0.5, 0.6) is 5.75 Å². The quantitative estimate of drug-likeness (QED) is 0.814. The Hall–Kier alpha value is -0.760. The first kappa shape index (κ1) is 12.3. The molecule has 0 saturated carbocycles. The lowest BCUT2D eigenvalue weighted by Crippen LogP contribution is -1.91. The molecule has 0 aliphatic carbocycles. The summed E-state index contributed by atoms with van der Waals surface area (Å²) in [5.74, 6) is 2.47. The van der Waals surface area contributed by atoms with Crippen LogP contribution in [0.3, 0.4) is 0 Å². The zero-order valence-corrected chi connectivity index (χ0v) is 12.4. The lowest BCUT2D eigenvalue weighted by Gasteiger charge is -2.00. The highest BCUT2D eigenvalue weighted by Crippen LogP contribution is 2.39. The third kappa shape index (κ3) is 2.35. The van der Waals surface area contributed by atoms with E-state index in [-0.39, 0.29) is 5.75 Å². The lowest BCUT2D eigenvalue weighted by molar-refractivity contribution is 0.416. The van der Waals surface area contributed by atoms with Gasteiger partial charge in [-0.25, -0.2) is 0 Å². The normalized spacial score (nSPS) is 19.3. The predicted octanol–water partition coefficient (Wildman–Crippen LogP) is 3.61. The van der Waals surface area contributed by atoms with E-state index in [1.807, 2.05) is 23.9 Å². The van der Waals surface area contributed by atoms with Gasteiger partial charge in [0.15, 0.2) is 5.82 Å². The Morgan fingerprint density at radius 1 is 1.44 bits per heavy atom. The van der Waals surface area contributed by atoms with E-state index in [0.717, 1.165) is 21.6 Å². The van der Waals surface area contributed by atoms with Gasteiger partial charge in [0.05, 0.1) is 10.8 Å². The van der Waals surface area contributed by atoms with Gasteiger partial charge in [-0.1, -0.05) is 5.16 Å². The van der Waals surface area contributed by atoms with Crippen molar-refractivity contribution < 1.29 is 9.63 Å². The van der Waals surface area contributed by atoms with E-state index in [0.29, 0.717) is 16.7 Å². The van der Waals surface area contributed by atoms with Crippen LogP contribution in [-0.4, -0.2) is 21.0 Å². The number of hydrogen-bond donors (Lipinski definition) is 1. The van der Waals surface area contributed by atoms with Crippen molar-refractivity contribution in [3.8, 4) is 17.2 Å². The highest BCUT2D eigenvalue weighted by Gasteiger charge is 2.24. The minimum absolute atomic E-state index is 0.171. The summed E-state index contributed by atoms with van der Waals surface area (Å²) in [6, 6.07) is 5.32. The number of phenols is 1. The van der Waals surface area contributed by atoms with Crippen LogP contribution in [0.1, 0.15) is 23.9 Å². The maximum absolute atomic E-state index is 9.83. The molecule has 18 heavy (non-hydrogen) atoms. The van der Waals surface area contributed by atoms with Crippen LogP contribution < -0.4 is 0 Å². The van der Waals surface area contributed by atoms with E-state index in [4.69, 9.17) is 4.52 Å². The third-order valence-corrected chi connectivity index (χ3v) is 4.89. The predicted molar refractivity (Wildman–Crippen MR) is 78.5 cm³/mol. The van der Waals surface area contributed by atoms with Gasteiger partial charge in [0, 0.05) is 3.57 Å². The number of nitrogens with zero attached hydrogens (tertiary/aromatic N) is 2. The molecule has 0 radical (unpaired) electrons. The largest absolute Gasteiger partial charge is 0.507 e. The summed E-state index contributed by atoms with van der Waals surface area (Å²) in [5, 5.41) is 14.2. The molecule has 0 bridgehead atoms. The lowest BCUT2D eigenvalue weighted by atomic mass is 10.2. The summed E-state index contributed by atoms with van der Waals surface area (Å²) in [5.41, 5.74) is 0.601. The smallest absolute Gasteiger partial charge is 0.261 e. The van der Waals surface area contributed by atoms with Crippen molar-refractivity contribution in [1.29, 1.82) is 0 Å². The molecular formula is C12H11IN2O2S. The zero-order chi connectivity index (χ0) is 12.5. The number of halogens is 1. The van der Waals surface area contributed by atoms with Gasteiger partial charge in [-0.2, -0.15) is 16.7 Å². The van der Waals surface area contributed by atoms with E-state index in [2.05, 4.69) is 32.7 Å². The fraction of sp³-hybridized carbons (Fsp3) is 0.333. The van der Waals surface area contributed by atoms with E-state index < -0.39 is 0 Å². The molecule has 1 aliphatic heterocycles. The first-order chi connectivity index (χ1) is 8.74. The standard InChI is InChI=1S/C12H11IN2O2S/c13-7-3-4-9(16)8(6-7)12-14-11(15-17-12)10-2-1-5-18-10/h3-4,6,10,16H,1-2,5H2. The average molecular weight is 374 g/mol. The molecule has 1 aromatic heterocycles. The van der Waals surface area contributed by atoms with E-state index in [9.17, 15) is 5.11 Å². The molecule has 4 nitrogen and oxygen atoms in total. The fourth-order valence-corrected chi connectivity index (χ4v) is 3.62. The molecule has 1 fully saturated rings. The van der Waals surface area contributed by atoms with Crippen LogP contribution >= 0.6 is 34.4 Å². The van der Waals surface area contributed by atoms with Gasteiger partial charge in [-0.15, -0.1) is 0 Å². The van der Waals surface area contributed by atoms with E-state index >= 15 is 0 Å². The molecule has 1 aliphatic rings. The molecule has 1 aromatic carbocycles. The molecule has 3 rings (SSSR count). The first-order valence-corrected chi connectivity index (χ1v) is 7.81. The topological polar surface area (TPSA) is 59.2 Å². The number of benzene rings is 1. The van der Waals surface area contributed by atoms with Crippen LogP contribution in [0.15, 0.2) is 22.7 Å². The van der Waals surface area contributed by atoms with Gasteiger partial charge < -0.3 is 9.63 Å². The summed E-state index contributed by atoms with van der Waals surface area (Å²) >= 11 is 4.05. The second kappa shape index (κ2) is 5.08. The van der Waals surface area contributed by atoms with Crippen LogP contribution in [0.2, 0.25) is 0 Å². The molecule has 1 N–H and O–H groups in total. The Morgan fingerprint density at radius 2 is 2.33 bits per heavy atom. The number of thioether (sulfide) groups is 1. The summed E-state index contributed by atoms with van der Waals surface area (Å²) in [4.78, 5) is 4.40. The molecular weight excluding hydrogens is 363 g/mol. The van der Waals surface area contributed by atoms with Crippen LogP contribution in [0.4, 0.5) is 0 Å². The van der Waals surface area contributed by atoms with Crippen molar-refractivity contribution in [2.24, 2.45) is 0 Å². The third-order valence-electron chi connectivity index (χ3n) is 2.85. The maximum Gasteiger partial charge on any atom is 0.261 e. The fourth-order valence-electron chi connectivity index (χ4n) is 1.94. The highest BCUT2D eigenvalue weighted by molar-refractivity contribution is 14.1. The monoisotopic (exact) mass is 374 g/mol. The summed E-state index contributed by atoms with van der Waals surface area (Å²) in [6.45, 7) is 0. The Balaban J connectivity index is 1.94. The Bertz CT molecular complexity index is 567. The molecule has 1 saturated heterocycles. The number of aromatic nitrogens is 2. The van der Waals surface area contributed by atoms with Crippen LogP contribution in [0, 0.1) is 3.57 Å². The number of aromatic hydroxyl groups is 1. The molecule has 0 spiro atoms. The van der Waals surface area contributed by atoms with Gasteiger partial charge in [-0.05, 0) is 59.4 Å². The Labute approximate surface area is 122 Å². The van der Waals surface area contributed by atoms with Gasteiger partial charge in [0.1, 0.15) is 5.75 Å². The van der Waals surface area contributed by atoms with Gasteiger partial charge in [-0.3, -0.25) is 0 Å². The molecule has 2 heterocycles. The zero-order valence-electron chi connectivity index (χ0n) is 9.47. The molecule has 94 valence electrons. The van der Waals surface area contributed by atoms with Crippen molar-refractivity contribution in [3.63, 3.8) is 0 Å². The van der Waals surface area contributed by atoms with Crippen molar-refractivity contribution in [2.75, 3.05) is 5.75 Å². The van der Waals surface area contributed by atoms with Crippen LogP contribution in [0.25, 0.3) is 11.5 Å². The summed E-state index contributed by atoms with van der Waals surface area (Å²) in [6.07, 6.45) is 2.30. The second-order valence-corrected chi connectivity index (χ2v) is 6.68. The van der Waals surface area contributed by atoms with Crippen molar-refractivity contribution >= 4 is 34.4 Å². The van der Waals surface area contributed by atoms with Gasteiger partial charge in [0.2, 0.25) is 0 Å². The van der Waals surface area contributed by atoms with Crippen molar-refractivity contribution in [2.45, 2.75) is 18.1 Å². The highest BCUT2D eigenvalue weighted by atomic mass is 127. The van der Waals surface area contributed by atoms with Gasteiger partial charge in [0.25, 0.3) is 5.89 Å². The summed E-state index contributed by atoms with van der Waals surface area (Å²) < 4.78 is 6.28. The number of hydrogen-bond acceptors (Lipinski definition) is 5. The van der Waals surface area contributed by atoms with Crippen LogP contribution in [-0.2, 0) is 0 Å². The molecule has 1 unspecified atom stereocenters. The Kier molecular flexibility index (Phi) is 3.47. The van der Waals surface area contributed by atoms with Crippen molar-refractivity contribution in [3.05, 3.63) is 27.6 Å². The van der Waals surface area contributed by atoms with Gasteiger partial charge >= 0.3 is 0 Å². The molecule has 1 atom stereocenters. The molecule has 6 heteroatoms. The molecule has 2 aromatic rings. The van der Waals surface area contributed by atoms with E-state index in [1.54, 1.807) is 6.07 Å². The average Bonchev–Trinajstić information content (AvgIpc) is 3.00. The molecule has 0 amide bonds.